The van der Waals surface area contributed by atoms with Gasteiger partial charge in [-0.25, -0.2) is 0 Å². The van der Waals surface area contributed by atoms with Crippen molar-refractivity contribution < 1.29 is 35.9 Å². The summed E-state index contributed by atoms with van der Waals surface area (Å²) in [5.74, 6) is 0. The summed E-state index contributed by atoms with van der Waals surface area (Å²) in [6.07, 6.45) is 0. The van der Waals surface area contributed by atoms with E-state index < -0.39 is 0 Å². The average Bonchev–Trinajstić information content (AvgIpc) is 0. The molecule has 0 saturated heterocycles. The van der Waals surface area contributed by atoms with Gasteiger partial charge in [-0.05, 0) is 0 Å². The van der Waals surface area contributed by atoms with Crippen LogP contribution in [0.3, 0.4) is 0 Å². The Kier molecular flexibility index (Phi) is 4090. The third kappa shape index (κ3) is 66.3. The first-order chi connectivity index (χ1) is 0. The summed E-state index contributed by atoms with van der Waals surface area (Å²) in [5, 5.41) is 0. The molecule has 2 radical (unpaired) electrons. The Hall–Kier alpha value is 1.16. The Morgan fingerprint density at radius 2 is 0.500 bits per heavy atom. The zero-order valence-electron chi connectivity index (χ0n) is 2.37. The Balaban J connectivity index is 0. The van der Waals surface area contributed by atoms with E-state index in [-0.39, 0.29) is 63.2 Å². The van der Waals surface area contributed by atoms with Crippen LogP contribution in [0, 0.1) is 0 Å². The first kappa shape index (κ1) is 202. The van der Waals surface area contributed by atoms with E-state index in [0.717, 1.165) is 0 Å². The van der Waals surface area contributed by atoms with Crippen LogP contribution in [0.25, 0.3) is 0 Å². The zero-order chi connectivity index (χ0) is 0. The Morgan fingerprint density at radius 3 is 0.500 bits per heavy atom. The van der Waals surface area contributed by atoms with E-state index in [4.69, 9.17) is 0 Å². The molecule has 0 amide bonds. The largest absolute Gasteiger partial charge is 2.00 e. The van der Waals surface area contributed by atoms with Gasteiger partial charge in [-0.15, -0.1) is 0 Å². The van der Waals surface area contributed by atoms with Crippen LogP contribution in [-0.2, 0) is 17.1 Å². The molecular formula is F4FePb. The molecule has 0 saturated carbocycles. The van der Waals surface area contributed by atoms with Crippen molar-refractivity contribution in [3.8, 4) is 0 Å². The molecule has 0 aliphatic carbocycles. The van der Waals surface area contributed by atoms with Gasteiger partial charge in [-0.1, -0.05) is 0 Å². The van der Waals surface area contributed by atoms with Gasteiger partial charge in [-0.3, -0.25) is 0 Å². The van der Waals surface area contributed by atoms with Gasteiger partial charge in [0, 0.05) is 0 Å². The van der Waals surface area contributed by atoms with Crippen molar-refractivity contribution in [2.45, 2.75) is 0 Å². The fourth-order valence-electron chi connectivity index (χ4n) is 0. The van der Waals surface area contributed by atoms with E-state index in [1.165, 1.54) is 0 Å². The summed E-state index contributed by atoms with van der Waals surface area (Å²) < 4.78 is 0. The minimum atomic E-state index is 0. The van der Waals surface area contributed by atoms with Crippen molar-refractivity contribution in [3.05, 3.63) is 0 Å². The zero-order valence-corrected chi connectivity index (χ0v) is 7.36. The summed E-state index contributed by atoms with van der Waals surface area (Å²) in [4.78, 5) is 0. The van der Waals surface area contributed by atoms with Gasteiger partial charge in [0.25, 0.3) is 0 Å². The monoisotopic (exact) mass is 340 g/mol. The first-order valence-corrected chi connectivity index (χ1v) is 0. The van der Waals surface area contributed by atoms with Crippen molar-refractivity contribution in [1.82, 2.24) is 0 Å². The summed E-state index contributed by atoms with van der Waals surface area (Å²) in [6, 6.07) is 0. The number of rotatable bonds is 0. The van der Waals surface area contributed by atoms with E-state index in [1.54, 1.807) is 0 Å². The van der Waals surface area contributed by atoms with Crippen LogP contribution in [0.5, 0.6) is 0 Å². The van der Waals surface area contributed by atoms with Crippen molar-refractivity contribution in [3.63, 3.8) is 0 Å². The molecule has 0 spiro atoms. The smallest absolute Gasteiger partial charge is 1.00 e. The van der Waals surface area contributed by atoms with Crippen LogP contribution < -0.4 is 18.8 Å². The second kappa shape index (κ2) is 122. The maximum Gasteiger partial charge on any atom is 2.00 e. The summed E-state index contributed by atoms with van der Waals surface area (Å²) >= 11 is 0. The number of hydrogen-bond donors (Lipinski definition) is 0. The second-order valence-corrected chi connectivity index (χ2v) is 0. The van der Waals surface area contributed by atoms with E-state index in [0.29, 0.717) is 0 Å². The van der Waals surface area contributed by atoms with Crippen LogP contribution in [-0.4, -0.2) is 27.3 Å². The predicted molar refractivity (Wildman–Crippen MR) is 5.75 cm³/mol. The quantitative estimate of drug-likeness (QED) is 0.304. The van der Waals surface area contributed by atoms with E-state index in [1.807, 2.05) is 0 Å². The Morgan fingerprint density at radius 1 is 0.500 bits per heavy atom. The molecular weight excluding hydrogens is 339 g/mol. The van der Waals surface area contributed by atoms with E-state index in [9.17, 15) is 0 Å². The Bertz CT molecular complexity index is 7.51. The molecule has 0 atom stereocenters. The molecule has 6 heavy (non-hydrogen) atoms. The van der Waals surface area contributed by atoms with Crippen LogP contribution in [0.15, 0.2) is 0 Å². The van der Waals surface area contributed by atoms with Crippen molar-refractivity contribution in [1.29, 1.82) is 0 Å². The van der Waals surface area contributed by atoms with Crippen molar-refractivity contribution >= 4 is 27.3 Å². The predicted octanol–water partition coefficient (Wildman–Crippen LogP) is -12.4. The fourth-order valence-corrected chi connectivity index (χ4v) is 0. The molecule has 0 aliphatic rings. The van der Waals surface area contributed by atoms with E-state index >= 15 is 0 Å². The van der Waals surface area contributed by atoms with Gasteiger partial charge in [0.1, 0.15) is 0 Å². The molecule has 0 aliphatic heterocycles. The van der Waals surface area contributed by atoms with E-state index in [2.05, 4.69) is 0 Å². The van der Waals surface area contributed by atoms with Crippen LogP contribution in [0.2, 0.25) is 0 Å². The fraction of sp³-hybridized carbons (Fsp3) is 0. The minimum Gasteiger partial charge on any atom is -1.00 e. The molecule has 40 valence electrons. The third-order valence-corrected chi connectivity index (χ3v) is 0. The van der Waals surface area contributed by atoms with Crippen LogP contribution in [0.4, 0.5) is 0 Å². The van der Waals surface area contributed by atoms with Gasteiger partial charge in [0.05, 0.1) is 0 Å². The molecule has 0 heterocycles. The molecule has 0 aromatic rings. The molecule has 0 aromatic carbocycles. The summed E-state index contributed by atoms with van der Waals surface area (Å²) in [6.45, 7) is 0. The average molecular weight is 339 g/mol. The maximum atomic E-state index is 0. The van der Waals surface area contributed by atoms with Crippen LogP contribution in [0.1, 0.15) is 0 Å². The molecule has 6 heteroatoms. The molecule has 0 fully saturated rings. The van der Waals surface area contributed by atoms with Crippen molar-refractivity contribution in [2.24, 2.45) is 0 Å². The summed E-state index contributed by atoms with van der Waals surface area (Å²) in [5.41, 5.74) is 0. The Labute approximate surface area is 63.2 Å². The topological polar surface area (TPSA) is 0 Å². The number of halogens is 4. The second-order valence-electron chi connectivity index (χ2n) is 0. The van der Waals surface area contributed by atoms with Crippen molar-refractivity contribution in [2.75, 3.05) is 0 Å². The summed E-state index contributed by atoms with van der Waals surface area (Å²) in [7, 11) is 0. The van der Waals surface area contributed by atoms with Gasteiger partial charge in [0.15, 0.2) is 0 Å². The minimum absolute atomic E-state index is 0. The molecule has 0 N–H and O–H groups in total. The SMILES string of the molecule is [F-].[F-].[F-].[F-].[Fe+2].[Pb+2]. The van der Waals surface area contributed by atoms with Gasteiger partial charge in [-0.2, -0.15) is 0 Å². The van der Waals surface area contributed by atoms with Crippen LogP contribution >= 0.6 is 0 Å². The third-order valence-electron chi connectivity index (χ3n) is 0. The standard InChI is InChI=1S/4FH.Fe.Pb/h4*1H;;/q;;;;2*+2/p-4. The molecule has 0 bridgehead atoms. The number of hydrogen-bond acceptors (Lipinski definition) is 0. The van der Waals surface area contributed by atoms with Gasteiger partial charge >= 0.3 is 44.4 Å². The maximum absolute atomic E-state index is 0. The van der Waals surface area contributed by atoms with Gasteiger partial charge < -0.3 is 18.8 Å². The first-order valence-electron chi connectivity index (χ1n) is 0. The molecule has 0 unspecified atom stereocenters. The normalized spacial score (nSPS) is 0. The molecule has 0 nitrogen and oxygen atoms in total. The van der Waals surface area contributed by atoms with Gasteiger partial charge in [0.2, 0.25) is 0 Å². The molecule has 0 rings (SSSR count). The molecule has 0 aromatic heterocycles.